The molecule has 3 N–H and O–H groups in total. The monoisotopic (exact) mass is 231 g/mol. The van der Waals surface area contributed by atoms with Gasteiger partial charge in [-0.05, 0) is 24.0 Å². The zero-order valence-electron chi connectivity index (χ0n) is 10.8. The lowest BCUT2D eigenvalue weighted by atomic mass is 9.84. The zero-order valence-corrected chi connectivity index (χ0v) is 10.8. The third kappa shape index (κ3) is 2.86. The minimum Gasteiger partial charge on any atom is -0.342 e. The number of aromatic nitrogens is 2. The Kier molecular flexibility index (Phi) is 3.20. The van der Waals surface area contributed by atoms with Crippen molar-refractivity contribution in [2.75, 3.05) is 6.54 Å². The number of nitrogens with one attached hydrogen (secondary N) is 1. The molecule has 0 saturated carbocycles. The molecule has 1 atom stereocenters. The summed E-state index contributed by atoms with van der Waals surface area (Å²) < 4.78 is 0. The second kappa shape index (κ2) is 4.49. The molecule has 1 unspecified atom stereocenters. The van der Waals surface area contributed by atoms with Crippen LogP contribution in [0.15, 0.2) is 24.3 Å². The molecule has 0 saturated heterocycles. The first-order valence-electron chi connectivity index (χ1n) is 6.14. The highest BCUT2D eigenvalue weighted by Crippen LogP contribution is 2.30. The molecule has 0 fully saturated rings. The van der Waals surface area contributed by atoms with Crippen LogP contribution in [0.5, 0.6) is 0 Å². The summed E-state index contributed by atoms with van der Waals surface area (Å²) in [6.45, 7) is 7.34. The van der Waals surface area contributed by atoms with Gasteiger partial charge in [-0.1, -0.05) is 32.9 Å². The number of para-hydroxylation sites is 2. The first-order valence-corrected chi connectivity index (χ1v) is 6.14. The molecule has 92 valence electrons. The third-order valence-electron chi connectivity index (χ3n) is 2.94. The summed E-state index contributed by atoms with van der Waals surface area (Å²) in [5.74, 6) is 1.33. The van der Waals surface area contributed by atoms with Crippen molar-refractivity contribution >= 4 is 11.0 Å². The molecule has 0 aliphatic heterocycles. The summed E-state index contributed by atoms with van der Waals surface area (Å²) in [6.07, 6.45) is 1.04. The van der Waals surface area contributed by atoms with Crippen molar-refractivity contribution in [3.05, 3.63) is 30.1 Å². The van der Waals surface area contributed by atoms with Gasteiger partial charge in [0.25, 0.3) is 0 Å². The second-order valence-electron chi connectivity index (χ2n) is 5.84. The van der Waals surface area contributed by atoms with Crippen molar-refractivity contribution in [3.8, 4) is 0 Å². The third-order valence-corrected chi connectivity index (χ3v) is 2.94. The van der Waals surface area contributed by atoms with Crippen LogP contribution >= 0.6 is 0 Å². The van der Waals surface area contributed by atoms with Gasteiger partial charge >= 0.3 is 0 Å². The van der Waals surface area contributed by atoms with E-state index in [0.29, 0.717) is 12.5 Å². The van der Waals surface area contributed by atoms with Gasteiger partial charge < -0.3 is 10.7 Å². The molecule has 2 aromatic rings. The molecule has 0 spiro atoms. The summed E-state index contributed by atoms with van der Waals surface area (Å²) >= 11 is 0. The minimum atomic E-state index is 0.267. The van der Waals surface area contributed by atoms with Gasteiger partial charge in [-0.25, -0.2) is 4.98 Å². The number of benzene rings is 1. The molecule has 0 amide bonds. The second-order valence-corrected chi connectivity index (χ2v) is 5.84. The summed E-state index contributed by atoms with van der Waals surface area (Å²) in [5.41, 5.74) is 8.26. The van der Waals surface area contributed by atoms with Crippen molar-refractivity contribution in [1.29, 1.82) is 0 Å². The molecular weight excluding hydrogens is 210 g/mol. The number of aromatic amines is 1. The van der Waals surface area contributed by atoms with E-state index in [-0.39, 0.29) is 5.41 Å². The van der Waals surface area contributed by atoms with Crippen LogP contribution in [0.3, 0.4) is 0 Å². The lowest BCUT2D eigenvalue weighted by Crippen LogP contribution is -2.20. The fourth-order valence-corrected chi connectivity index (χ4v) is 2.20. The van der Waals surface area contributed by atoms with E-state index in [1.54, 1.807) is 0 Å². The number of hydrogen-bond acceptors (Lipinski definition) is 2. The van der Waals surface area contributed by atoms with E-state index in [1.165, 1.54) is 0 Å². The lowest BCUT2D eigenvalue weighted by Gasteiger charge is -2.23. The SMILES string of the molecule is CC(C)(C)CC(CN)c1nc2ccccc2[nH]1. The Hall–Kier alpha value is -1.35. The molecule has 1 aromatic carbocycles. The molecule has 17 heavy (non-hydrogen) atoms. The smallest absolute Gasteiger partial charge is 0.111 e. The predicted molar refractivity (Wildman–Crippen MR) is 72.0 cm³/mol. The number of nitrogens with zero attached hydrogens (tertiary/aromatic N) is 1. The van der Waals surface area contributed by atoms with Gasteiger partial charge in [0.2, 0.25) is 0 Å². The Labute approximate surface area is 102 Å². The maximum Gasteiger partial charge on any atom is 0.111 e. The van der Waals surface area contributed by atoms with Crippen molar-refractivity contribution in [2.45, 2.75) is 33.1 Å². The average Bonchev–Trinajstić information content (AvgIpc) is 2.67. The van der Waals surface area contributed by atoms with Crippen LogP contribution in [0.4, 0.5) is 0 Å². The summed E-state index contributed by atoms with van der Waals surface area (Å²) in [7, 11) is 0. The molecule has 0 bridgehead atoms. The molecule has 3 nitrogen and oxygen atoms in total. The molecule has 1 heterocycles. The van der Waals surface area contributed by atoms with Crippen LogP contribution in [-0.4, -0.2) is 16.5 Å². The van der Waals surface area contributed by atoms with Gasteiger partial charge in [0.1, 0.15) is 5.82 Å². The first kappa shape index (κ1) is 12.1. The van der Waals surface area contributed by atoms with Crippen LogP contribution in [0, 0.1) is 5.41 Å². The van der Waals surface area contributed by atoms with Gasteiger partial charge in [-0.3, -0.25) is 0 Å². The Morgan fingerprint density at radius 1 is 1.29 bits per heavy atom. The standard InChI is InChI=1S/C14H21N3/c1-14(2,3)8-10(9-15)13-16-11-6-4-5-7-12(11)17-13/h4-7,10H,8-9,15H2,1-3H3,(H,16,17). The lowest BCUT2D eigenvalue weighted by molar-refractivity contribution is 0.337. The van der Waals surface area contributed by atoms with Gasteiger partial charge in [-0.2, -0.15) is 0 Å². The Balaban J connectivity index is 2.30. The maximum atomic E-state index is 5.87. The maximum absolute atomic E-state index is 5.87. The minimum absolute atomic E-state index is 0.267. The highest BCUT2D eigenvalue weighted by atomic mass is 14.9. The molecule has 1 aromatic heterocycles. The summed E-state index contributed by atoms with van der Waals surface area (Å²) in [5, 5.41) is 0. The number of fused-ring (bicyclic) bond motifs is 1. The van der Waals surface area contributed by atoms with Crippen LogP contribution in [0.25, 0.3) is 11.0 Å². The molecule has 0 radical (unpaired) electrons. The normalized spacial score (nSPS) is 14.1. The van der Waals surface area contributed by atoms with Crippen LogP contribution in [0.1, 0.15) is 38.9 Å². The van der Waals surface area contributed by atoms with E-state index in [1.807, 2.05) is 18.2 Å². The molecule has 2 rings (SSSR count). The van der Waals surface area contributed by atoms with E-state index >= 15 is 0 Å². The molecule has 0 aliphatic rings. The fourth-order valence-electron chi connectivity index (χ4n) is 2.20. The van der Waals surface area contributed by atoms with E-state index in [4.69, 9.17) is 5.73 Å². The van der Waals surface area contributed by atoms with E-state index < -0.39 is 0 Å². The van der Waals surface area contributed by atoms with Crippen molar-refractivity contribution in [3.63, 3.8) is 0 Å². The van der Waals surface area contributed by atoms with E-state index in [2.05, 4.69) is 36.8 Å². The summed E-state index contributed by atoms with van der Waals surface area (Å²) in [4.78, 5) is 8.01. The van der Waals surface area contributed by atoms with E-state index in [0.717, 1.165) is 23.3 Å². The van der Waals surface area contributed by atoms with Gasteiger partial charge in [-0.15, -0.1) is 0 Å². The Morgan fingerprint density at radius 3 is 2.59 bits per heavy atom. The largest absolute Gasteiger partial charge is 0.342 e. The number of H-pyrrole nitrogens is 1. The number of hydrogen-bond donors (Lipinski definition) is 2. The van der Waals surface area contributed by atoms with Crippen LogP contribution in [-0.2, 0) is 0 Å². The molecule has 0 aliphatic carbocycles. The number of rotatable bonds is 3. The van der Waals surface area contributed by atoms with Crippen molar-refractivity contribution in [2.24, 2.45) is 11.1 Å². The first-order chi connectivity index (χ1) is 7.99. The van der Waals surface area contributed by atoms with Crippen molar-refractivity contribution < 1.29 is 0 Å². The van der Waals surface area contributed by atoms with E-state index in [9.17, 15) is 0 Å². The number of nitrogens with two attached hydrogens (primary N) is 1. The highest BCUT2D eigenvalue weighted by Gasteiger charge is 2.21. The van der Waals surface area contributed by atoms with Crippen LogP contribution < -0.4 is 5.73 Å². The fraction of sp³-hybridized carbons (Fsp3) is 0.500. The zero-order chi connectivity index (χ0) is 12.5. The van der Waals surface area contributed by atoms with Gasteiger partial charge in [0.05, 0.1) is 11.0 Å². The van der Waals surface area contributed by atoms with Gasteiger partial charge in [0.15, 0.2) is 0 Å². The number of imidazole rings is 1. The van der Waals surface area contributed by atoms with Gasteiger partial charge in [0, 0.05) is 12.5 Å². The predicted octanol–water partition coefficient (Wildman–Crippen LogP) is 3.04. The molecule has 3 heteroatoms. The Morgan fingerprint density at radius 2 is 2.00 bits per heavy atom. The molecular formula is C14H21N3. The quantitative estimate of drug-likeness (QED) is 0.853. The topological polar surface area (TPSA) is 54.7 Å². The Bertz CT molecular complexity index is 460. The highest BCUT2D eigenvalue weighted by molar-refractivity contribution is 5.74. The summed E-state index contributed by atoms with van der Waals surface area (Å²) in [6, 6.07) is 8.11. The average molecular weight is 231 g/mol. The van der Waals surface area contributed by atoms with Crippen LogP contribution in [0.2, 0.25) is 0 Å². The van der Waals surface area contributed by atoms with Crippen molar-refractivity contribution in [1.82, 2.24) is 9.97 Å².